The van der Waals surface area contributed by atoms with E-state index in [1.54, 1.807) is 43.3 Å². The van der Waals surface area contributed by atoms with Crippen LogP contribution in [0.2, 0.25) is 0 Å². The van der Waals surface area contributed by atoms with Crippen LogP contribution in [0.5, 0.6) is 11.5 Å². The molecule has 0 unspecified atom stereocenters. The number of nitrogens with one attached hydrogen (secondary N) is 1. The fraction of sp³-hybridized carbons (Fsp3) is 0.167. The summed E-state index contributed by atoms with van der Waals surface area (Å²) >= 11 is 3.40. The van der Waals surface area contributed by atoms with E-state index in [1.807, 2.05) is 24.3 Å². The molecule has 3 aromatic rings. The topological polar surface area (TPSA) is 97.3 Å². The number of amides is 1. The average Bonchev–Trinajstić information content (AvgIpc) is 2.85. The maximum atomic E-state index is 13.5. The van der Waals surface area contributed by atoms with Gasteiger partial charge >= 0.3 is 0 Å². The summed E-state index contributed by atoms with van der Waals surface area (Å²) in [6, 6.07) is 19.9. The highest BCUT2D eigenvalue weighted by atomic mass is 79.9. The van der Waals surface area contributed by atoms with Gasteiger partial charge in [-0.3, -0.25) is 9.10 Å². The molecule has 3 rings (SSSR count). The molecule has 0 atom stereocenters. The summed E-state index contributed by atoms with van der Waals surface area (Å²) in [5.74, 6) is 0.205. The van der Waals surface area contributed by atoms with E-state index >= 15 is 0 Å². The highest BCUT2D eigenvalue weighted by Crippen LogP contribution is 2.32. The molecule has 34 heavy (non-hydrogen) atoms. The van der Waals surface area contributed by atoms with Crippen molar-refractivity contribution in [1.82, 2.24) is 5.43 Å². The number of nitrogens with zero attached hydrogens (tertiary/aromatic N) is 2. The number of para-hydroxylation sites is 2. The molecular weight excluding hydrogens is 522 g/mol. The smallest absolute Gasteiger partial charge is 0.264 e. The van der Waals surface area contributed by atoms with Crippen molar-refractivity contribution in [1.29, 1.82) is 0 Å². The minimum atomic E-state index is -4.12. The van der Waals surface area contributed by atoms with Gasteiger partial charge in [0.2, 0.25) is 0 Å². The fourth-order valence-corrected chi connectivity index (χ4v) is 4.93. The van der Waals surface area contributed by atoms with Gasteiger partial charge in [-0.25, -0.2) is 13.8 Å². The summed E-state index contributed by atoms with van der Waals surface area (Å²) in [6.45, 7) is 1.23. The summed E-state index contributed by atoms with van der Waals surface area (Å²) in [5, 5.41) is 4.13. The van der Waals surface area contributed by atoms with Gasteiger partial charge in [0.05, 0.1) is 30.5 Å². The van der Waals surface area contributed by atoms with Crippen molar-refractivity contribution in [2.75, 3.05) is 25.1 Å². The Kier molecular flexibility index (Phi) is 8.30. The molecule has 0 aliphatic heterocycles. The molecule has 0 fully saturated rings. The highest BCUT2D eigenvalue weighted by molar-refractivity contribution is 9.10. The molecule has 0 bridgehead atoms. The lowest BCUT2D eigenvalue weighted by Gasteiger charge is -2.25. The Balaban J connectivity index is 1.92. The Morgan fingerprint density at radius 3 is 2.35 bits per heavy atom. The lowest BCUT2D eigenvalue weighted by molar-refractivity contribution is -0.119. The summed E-state index contributed by atoms with van der Waals surface area (Å²) in [7, 11) is -1.20. The van der Waals surface area contributed by atoms with E-state index in [-0.39, 0.29) is 10.6 Å². The Labute approximate surface area is 207 Å². The van der Waals surface area contributed by atoms with Crippen LogP contribution >= 0.6 is 15.9 Å². The first-order valence-electron chi connectivity index (χ1n) is 10.1. The average molecular weight is 546 g/mol. The second kappa shape index (κ2) is 11.2. The largest absolute Gasteiger partial charge is 0.497 e. The van der Waals surface area contributed by atoms with E-state index in [4.69, 9.17) is 9.47 Å². The van der Waals surface area contributed by atoms with Crippen molar-refractivity contribution in [2.45, 2.75) is 11.8 Å². The predicted molar refractivity (Wildman–Crippen MR) is 135 cm³/mol. The van der Waals surface area contributed by atoms with Gasteiger partial charge < -0.3 is 9.47 Å². The van der Waals surface area contributed by atoms with E-state index in [0.717, 1.165) is 14.3 Å². The van der Waals surface area contributed by atoms with E-state index in [2.05, 4.69) is 26.5 Å². The van der Waals surface area contributed by atoms with Crippen LogP contribution in [0.25, 0.3) is 0 Å². The van der Waals surface area contributed by atoms with Crippen molar-refractivity contribution in [3.63, 3.8) is 0 Å². The molecule has 1 amide bonds. The summed E-state index contributed by atoms with van der Waals surface area (Å²) in [5.41, 5.74) is 4.05. The maximum absolute atomic E-state index is 13.5. The molecule has 1 N–H and O–H groups in total. The summed E-state index contributed by atoms with van der Waals surface area (Å²) in [6.07, 6.45) is 0. The first-order valence-corrected chi connectivity index (χ1v) is 12.4. The van der Waals surface area contributed by atoms with Crippen LogP contribution in [0.15, 0.2) is 87.3 Å². The molecule has 0 aliphatic rings. The number of anilines is 1. The van der Waals surface area contributed by atoms with Crippen LogP contribution in [-0.2, 0) is 14.8 Å². The molecule has 0 saturated heterocycles. The van der Waals surface area contributed by atoms with Crippen molar-refractivity contribution < 1.29 is 22.7 Å². The molecule has 0 aromatic heterocycles. The van der Waals surface area contributed by atoms with E-state index in [0.29, 0.717) is 17.2 Å². The molecule has 0 aliphatic carbocycles. The monoisotopic (exact) mass is 545 g/mol. The SMILES string of the molecule is COc1ccc(S(=O)(=O)N(CC(=O)N/N=C(/C)c2cccc(Br)c2)c2ccccc2OC)cc1. The molecule has 0 heterocycles. The molecule has 0 radical (unpaired) electrons. The van der Waals surface area contributed by atoms with Crippen LogP contribution in [0, 0.1) is 0 Å². The predicted octanol–water partition coefficient (Wildman–Crippen LogP) is 4.20. The number of carbonyl (C=O) groups is 1. The Morgan fingerprint density at radius 1 is 1.00 bits per heavy atom. The second-order valence-electron chi connectivity index (χ2n) is 7.10. The standard InChI is InChI=1S/C24H24BrN3O5S/c1-17(18-7-6-8-19(25)15-18)26-27-24(29)16-28(22-9-4-5-10-23(22)33-3)34(30,31)21-13-11-20(32-2)12-14-21/h4-15H,16H2,1-3H3,(H,27,29)/b26-17-. The fourth-order valence-electron chi connectivity index (χ4n) is 3.10. The van der Waals surface area contributed by atoms with Gasteiger partial charge in [0, 0.05) is 4.47 Å². The molecular formula is C24H24BrN3O5S. The number of halogens is 1. The van der Waals surface area contributed by atoms with Gasteiger partial charge in [0.1, 0.15) is 18.0 Å². The zero-order chi connectivity index (χ0) is 24.7. The summed E-state index contributed by atoms with van der Waals surface area (Å²) in [4.78, 5) is 12.8. The van der Waals surface area contributed by atoms with Gasteiger partial charge in [-0.05, 0) is 61.0 Å². The van der Waals surface area contributed by atoms with E-state index in [1.165, 1.54) is 26.4 Å². The minimum Gasteiger partial charge on any atom is -0.497 e. The number of hydrogen-bond donors (Lipinski definition) is 1. The number of hydrogen-bond acceptors (Lipinski definition) is 6. The lowest BCUT2D eigenvalue weighted by Crippen LogP contribution is -2.40. The van der Waals surface area contributed by atoms with Crippen molar-refractivity contribution in [3.8, 4) is 11.5 Å². The van der Waals surface area contributed by atoms with Crippen LogP contribution in [0.1, 0.15) is 12.5 Å². The third-order valence-corrected chi connectivity index (χ3v) is 7.15. The van der Waals surface area contributed by atoms with Gasteiger partial charge in [0.25, 0.3) is 15.9 Å². The van der Waals surface area contributed by atoms with Crippen LogP contribution in [-0.4, -0.2) is 40.8 Å². The first kappa shape index (κ1) is 25.3. The number of carbonyl (C=O) groups excluding carboxylic acids is 1. The van der Waals surface area contributed by atoms with Gasteiger partial charge in [-0.1, -0.05) is 40.2 Å². The Morgan fingerprint density at radius 2 is 1.71 bits per heavy atom. The van der Waals surface area contributed by atoms with E-state index in [9.17, 15) is 13.2 Å². The van der Waals surface area contributed by atoms with Crippen molar-refractivity contribution >= 4 is 43.3 Å². The highest BCUT2D eigenvalue weighted by Gasteiger charge is 2.29. The van der Waals surface area contributed by atoms with Crippen molar-refractivity contribution in [2.24, 2.45) is 5.10 Å². The number of sulfonamides is 1. The Bertz CT molecular complexity index is 1290. The lowest BCUT2D eigenvalue weighted by atomic mass is 10.1. The normalized spacial score (nSPS) is 11.6. The molecule has 10 heteroatoms. The quantitative estimate of drug-likeness (QED) is 0.321. The van der Waals surface area contributed by atoms with Crippen LogP contribution in [0.3, 0.4) is 0 Å². The van der Waals surface area contributed by atoms with Crippen molar-refractivity contribution in [3.05, 3.63) is 82.8 Å². The third-order valence-electron chi connectivity index (χ3n) is 4.88. The zero-order valence-electron chi connectivity index (χ0n) is 18.9. The number of methoxy groups -OCH3 is 2. The first-order chi connectivity index (χ1) is 16.3. The number of benzene rings is 3. The van der Waals surface area contributed by atoms with Gasteiger partial charge in [0.15, 0.2) is 0 Å². The third kappa shape index (κ3) is 5.95. The number of rotatable bonds is 9. The van der Waals surface area contributed by atoms with E-state index < -0.39 is 22.5 Å². The van der Waals surface area contributed by atoms with Crippen LogP contribution < -0.4 is 19.2 Å². The van der Waals surface area contributed by atoms with Crippen LogP contribution in [0.4, 0.5) is 5.69 Å². The maximum Gasteiger partial charge on any atom is 0.264 e. The molecule has 3 aromatic carbocycles. The summed E-state index contributed by atoms with van der Waals surface area (Å²) < 4.78 is 39.4. The zero-order valence-corrected chi connectivity index (χ0v) is 21.3. The molecule has 8 nitrogen and oxygen atoms in total. The minimum absolute atomic E-state index is 0.000763. The molecule has 178 valence electrons. The second-order valence-corrected chi connectivity index (χ2v) is 9.88. The van der Waals surface area contributed by atoms with Gasteiger partial charge in [-0.15, -0.1) is 0 Å². The molecule has 0 saturated carbocycles. The van der Waals surface area contributed by atoms with Gasteiger partial charge in [-0.2, -0.15) is 5.10 Å². The Hall–Kier alpha value is -3.37. The molecule has 0 spiro atoms. The number of hydrazone groups is 1. The number of ether oxygens (including phenoxy) is 2.